The molecule has 1 atom stereocenters. The van der Waals surface area contributed by atoms with E-state index in [1.807, 2.05) is 0 Å². The Balaban J connectivity index is 2.11. The molecule has 5 nitrogen and oxygen atoms in total. The zero-order valence-electron chi connectivity index (χ0n) is 12.5. The van der Waals surface area contributed by atoms with E-state index in [0.29, 0.717) is 45.4 Å². The molecule has 0 aliphatic rings. The molecule has 0 unspecified atom stereocenters. The molecule has 120 valence electrons. The minimum absolute atomic E-state index is 0.256. The fourth-order valence-corrected chi connectivity index (χ4v) is 1.62. The van der Waals surface area contributed by atoms with Gasteiger partial charge in [-0.2, -0.15) is 0 Å². The van der Waals surface area contributed by atoms with Crippen molar-refractivity contribution in [3.05, 3.63) is 29.6 Å². The normalized spacial score (nSPS) is 12.4. The average molecular weight is 302 g/mol. The summed E-state index contributed by atoms with van der Waals surface area (Å²) in [5.41, 5.74) is 0.256. The summed E-state index contributed by atoms with van der Waals surface area (Å²) in [5.74, 6) is -0.0631. The Morgan fingerprint density at radius 3 is 2.24 bits per heavy atom. The van der Waals surface area contributed by atoms with Gasteiger partial charge in [0, 0.05) is 18.7 Å². The number of aliphatic hydroxyl groups excluding tert-OH is 1. The van der Waals surface area contributed by atoms with Crippen molar-refractivity contribution in [2.24, 2.45) is 0 Å². The van der Waals surface area contributed by atoms with E-state index < -0.39 is 11.9 Å². The molecular weight excluding hydrogens is 279 g/mol. The van der Waals surface area contributed by atoms with Crippen LogP contribution in [-0.2, 0) is 14.2 Å². The summed E-state index contributed by atoms with van der Waals surface area (Å²) in [7, 11) is 1.62. The van der Waals surface area contributed by atoms with Gasteiger partial charge in [0.1, 0.15) is 18.2 Å². The van der Waals surface area contributed by atoms with Crippen molar-refractivity contribution >= 4 is 0 Å². The van der Waals surface area contributed by atoms with Crippen molar-refractivity contribution in [1.29, 1.82) is 0 Å². The monoisotopic (exact) mass is 302 g/mol. The second-order valence-corrected chi connectivity index (χ2v) is 4.43. The summed E-state index contributed by atoms with van der Waals surface area (Å²) in [6, 6.07) is 4.40. The molecular formula is C15H23FO5. The zero-order chi connectivity index (χ0) is 15.5. The molecule has 21 heavy (non-hydrogen) atoms. The molecule has 1 rings (SSSR count). The van der Waals surface area contributed by atoms with Crippen molar-refractivity contribution in [2.75, 3.05) is 46.8 Å². The van der Waals surface area contributed by atoms with Crippen molar-refractivity contribution in [2.45, 2.75) is 13.0 Å². The maximum Gasteiger partial charge on any atom is 0.132 e. The summed E-state index contributed by atoms with van der Waals surface area (Å²) < 4.78 is 34.3. The third-order valence-corrected chi connectivity index (χ3v) is 2.72. The third-order valence-electron chi connectivity index (χ3n) is 2.72. The number of benzene rings is 1. The van der Waals surface area contributed by atoms with E-state index in [1.165, 1.54) is 19.1 Å². The van der Waals surface area contributed by atoms with Gasteiger partial charge < -0.3 is 24.1 Å². The first kappa shape index (κ1) is 17.8. The molecule has 0 aliphatic heterocycles. The summed E-state index contributed by atoms with van der Waals surface area (Å²) >= 11 is 0. The predicted molar refractivity (Wildman–Crippen MR) is 76.0 cm³/mol. The number of methoxy groups -OCH3 is 1. The first-order chi connectivity index (χ1) is 10.1. The van der Waals surface area contributed by atoms with Crippen LogP contribution in [0.25, 0.3) is 0 Å². The van der Waals surface area contributed by atoms with Crippen LogP contribution in [0.5, 0.6) is 5.75 Å². The van der Waals surface area contributed by atoms with E-state index in [9.17, 15) is 9.50 Å². The molecule has 6 heteroatoms. The van der Waals surface area contributed by atoms with Gasteiger partial charge in [0.05, 0.1) is 39.1 Å². The lowest BCUT2D eigenvalue weighted by Crippen LogP contribution is -2.12. The first-order valence-corrected chi connectivity index (χ1v) is 6.90. The molecule has 0 heterocycles. The van der Waals surface area contributed by atoms with Gasteiger partial charge in [0.15, 0.2) is 0 Å². The Kier molecular flexibility index (Phi) is 8.93. The molecule has 0 radical (unpaired) electrons. The smallest absolute Gasteiger partial charge is 0.132 e. The highest BCUT2D eigenvalue weighted by Crippen LogP contribution is 2.21. The third kappa shape index (κ3) is 7.38. The number of hydrogen-bond acceptors (Lipinski definition) is 5. The summed E-state index contributed by atoms with van der Waals surface area (Å²) in [4.78, 5) is 0. The maximum atomic E-state index is 13.6. The van der Waals surface area contributed by atoms with Gasteiger partial charge in [0.2, 0.25) is 0 Å². The van der Waals surface area contributed by atoms with Crippen molar-refractivity contribution < 1.29 is 28.4 Å². The molecule has 0 spiro atoms. The van der Waals surface area contributed by atoms with Crippen LogP contribution in [0.4, 0.5) is 4.39 Å². The molecule has 0 saturated carbocycles. The van der Waals surface area contributed by atoms with Gasteiger partial charge in [-0.3, -0.25) is 0 Å². The van der Waals surface area contributed by atoms with Crippen LogP contribution < -0.4 is 4.74 Å². The van der Waals surface area contributed by atoms with Crippen LogP contribution in [0.15, 0.2) is 18.2 Å². The summed E-state index contributed by atoms with van der Waals surface area (Å²) in [6.45, 7) is 4.33. The molecule has 1 aromatic carbocycles. The minimum Gasteiger partial charge on any atom is -0.491 e. The van der Waals surface area contributed by atoms with E-state index in [0.717, 1.165) is 0 Å². The summed E-state index contributed by atoms with van der Waals surface area (Å²) in [6.07, 6.45) is -0.833. The molecule has 0 amide bonds. The second-order valence-electron chi connectivity index (χ2n) is 4.43. The predicted octanol–water partition coefficient (Wildman–Crippen LogP) is 1.94. The molecule has 1 aromatic rings. The molecule has 0 saturated heterocycles. The van der Waals surface area contributed by atoms with Gasteiger partial charge >= 0.3 is 0 Å². The Morgan fingerprint density at radius 1 is 1.05 bits per heavy atom. The largest absolute Gasteiger partial charge is 0.491 e. The topological polar surface area (TPSA) is 57.2 Å². The first-order valence-electron chi connectivity index (χ1n) is 6.90. The van der Waals surface area contributed by atoms with Crippen LogP contribution in [0.2, 0.25) is 0 Å². The minimum atomic E-state index is -0.833. The van der Waals surface area contributed by atoms with Crippen LogP contribution in [0.1, 0.15) is 18.6 Å². The lowest BCUT2D eigenvalue weighted by molar-refractivity contribution is 0.0179. The van der Waals surface area contributed by atoms with Crippen molar-refractivity contribution in [1.82, 2.24) is 0 Å². The fourth-order valence-electron chi connectivity index (χ4n) is 1.62. The highest BCUT2D eigenvalue weighted by Gasteiger charge is 2.08. The molecule has 0 fully saturated rings. The molecule has 0 bridgehead atoms. The van der Waals surface area contributed by atoms with E-state index >= 15 is 0 Å². The lowest BCUT2D eigenvalue weighted by atomic mass is 10.1. The standard InChI is InChI=1S/C15H23FO5/c1-12(17)14-4-3-13(11-15(14)16)21-10-9-20-8-7-19-6-5-18-2/h3-4,11-12,17H,5-10H2,1-2H3/t12-/m0/s1. The number of hydrogen-bond donors (Lipinski definition) is 1. The lowest BCUT2D eigenvalue weighted by Gasteiger charge is -2.10. The van der Waals surface area contributed by atoms with E-state index in [-0.39, 0.29) is 5.56 Å². The zero-order valence-corrected chi connectivity index (χ0v) is 12.5. The highest BCUT2D eigenvalue weighted by molar-refractivity contribution is 5.29. The SMILES string of the molecule is COCCOCCOCCOc1ccc([C@H](C)O)c(F)c1. The number of rotatable bonds is 11. The van der Waals surface area contributed by atoms with Crippen molar-refractivity contribution in [3.8, 4) is 5.75 Å². The molecule has 0 aromatic heterocycles. The number of aliphatic hydroxyl groups is 1. The number of ether oxygens (including phenoxy) is 4. The summed E-state index contributed by atoms with van der Waals surface area (Å²) in [5, 5.41) is 9.33. The number of halogens is 1. The fraction of sp³-hybridized carbons (Fsp3) is 0.600. The van der Waals surface area contributed by atoms with Gasteiger partial charge in [-0.15, -0.1) is 0 Å². The van der Waals surface area contributed by atoms with Crippen LogP contribution in [-0.4, -0.2) is 51.9 Å². The van der Waals surface area contributed by atoms with E-state index in [2.05, 4.69) is 0 Å². The maximum absolute atomic E-state index is 13.6. The van der Waals surface area contributed by atoms with Gasteiger partial charge in [-0.25, -0.2) is 4.39 Å². The van der Waals surface area contributed by atoms with Gasteiger partial charge in [0.25, 0.3) is 0 Å². The van der Waals surface area contributed by atoms with Crippen LogP contribution in [0.3, 0.4) is 0 Å². The molecule has 1 N–H and O–H groups in total. The average Bonchev–Trinajstić information content (AvgIpc) is 2.45. The van der Waals surface area contributed by atoms with E-state index in [4.69, 9.17) is 18.9 Å². The van der Waals surface area contributed by atoms with Gasteiger partial charge in [-0.05, 0) is 19.1 Å². The van der Waals surface area contributed by atoms with Gasteiger partial charge in [-0.1, -0.05) is 0 Å². The quantitative estimate of drug-likeness (QED) is 0.633. The Labute approximate surface area is 124 Å². The Hall–Kier alpha value is -1.21. The second kappa shape index (κ2) is 10.5. The Morgan fingerprint density at radius 2 is 1.67 bits per heavy atom. The Bertz CT molecular complexity index is 398. The van der Waals surface area contributed by atoms with Crippen LogP contribution >= 0.6 is 0 Å². The molecule has 0 aliphatic carbocycles. The highest BCUT2D eigenvalue weighted by atomic mass is 19.1. The van der Waals surface area contributed by atoms with Crippen molar-refractivity contribution in [3.63, 3.8) is 0 Å². The van der Waals surface area contributed by atoms with Crippen LogP contribution in [0, 0.1) is 5.82 Å². The van der Waals surface area contributed by atoms with E-state index in [1.54, 1.807) is 13.2 Å².